The van der Waals surface area contributed by atoms with Crippen LogP contribution in [0.4, 0.5) is 0 Å². The highest BCUT2D eigenvalue weighted by atomic mass is 35.5. The van der Waals surface area contributed by atoms with Crippen molar-refractivity contribution < 1.29 is 9.26 Å². The largest absolute Gasteiger partial charge is 0.484 e. The number of halogens is 1. The van der Waals surface area contributed by atoms with Gasteiger partial charge in [0.1, 0.15) is 5.75 Å². The normalized spacial score (nSPS) is 17.1. The van der Waals surface area contributed by atoms with Gasteiger partial charge in [-0.3, -0.25) is 0 Å². The zero-order valence-electron chi connectivity index (χ0n) is 11.9. The van der Waals surface area contributed by atoms with Gasteiger partial charge in [0.05, 0.1) is 5.54 Å². The molecule has 0 atom stereocenters. The topological polar surface area (TPSA) is 74.2 Å². The van der Waals surface area contributed by atoms with Gasteiger partial charge < -0.3 is 15.0 Å². The summed E-state index contributed by atoms with van der Waals surface area (Å²) < 4.78 is 10.9. The Bertz CT molecular complexity index is 636. The van der Waals surface area contributed by atoms with Gasteiger partial charge in [0, 0.05) is 5.02 Å². The molecule has 112 valence electrons. The first-order valence-corrected chi connectivity index (χ1v) is 7.45. The third kappa shape index (κ3) is 3.04. The Labute approximate surface area is 128 Å². The highest BCUT2D eigenvalue weighted by Crippen LogP contribution is 2.34. The van der Waals surface area contributed by atoms with Crippen molar-refractivity contribution in [2.75, 3.05) is 0 Å². The van der Waals surface area contributed by atoms with E-state index in [9.17, 15) is 0 Å². The molecule has 2 aromatic rings. The fraction of sp³-hybridized carbons (Fsp3) is 0.467. The van der Waals surface area contributed by atoms with Gasteiger partial charge in [-0.25, -0.2) is 0 Å². The van der Waals surface area contributed by atoms with Gasteiger partial charge in [0.25, 0.3) is 5.89 Å². The molecule has 1 heterocycles. The van der Waals surface area contributed by atoms with E-state index in [1.807, 2.05) is 19.1 Å². The van der Waals surface area contributed by atoms with Gasteiger partial charge in [-0.2, -0.15) is 4.98 Å². The van der Waals surface area contributed by atoms with E-state index < -0.39 is 5.54 Å². The standard InChI is InChI=1S/C15H18ClN3O2/c1-10-8-11(4-5-12(10)16)20-9-13-18-14(19-21-13)15(17)6-2-3-7-15/h4-5,8H,2-3,6-7,9,17H2,1H3. The molecule has 0 bridgehead atoms. The summed E-state index contributed by atoms with van der Waals surface area (Å²) in [6.07, 6.45) is 4.04. The molecule has 0 unspecified atom stereocenters. The molecule has 0 radical (unpaired) electrons. The lowest BCUT2D eigenvalue weighted by molar-refractivity contribution is 0.241. The SMILES string of the molecule is Cc1cc(OCc2nc(C3(N)CCCC3)no2)ccc1Cl. The summed E-state index contributed by atoms with van der Waals surface area (Å²) in [6.45, 7) is 2.16. The van der Waals surface area contributed by atoms with E-state index in [0.717, 1.165) is 37.0 Å². The Hall–Kier alpha value is -1.59. The highest BCUT2D eigenvalue weighted by molar-refractivity contribution is 6.31. The van der Waals surface area contributed by atoms with Crippen molar-refractivity contribution in [2.45, 2.75) is 44.8 Å². The van der Waals surface area contributed by atoms with Crippen molar-refractivity contribution in [3.63, 3.8) is 0 Å². The van der Waals surface area contributed by atoms with E-state index in [0.29, 0.717) is 16.7 Å². The fourth-order valence-electron chi connectivity index (χ4n) is 2.60. The minimum atomic E-state index is -0.432. The predicted molar refractivity (Wildman–Crippen MR) is 79.2 cm³/mol. The molecule has 5 nitrogen and oxygen atoms in total. The summed E-state index contributed by atoms with van der Waals surface area (Å²) in [7, 11) is 0. The maximum Gasteiger partial charge on any atom is 0.264 e. The lowest BCUT2D eigenvalue weighted by Crippen LogP contribution is -2.34. The average molecular weight is 308 g/mol. The van der Waals surface area contributed by atoms with E-state index in [4.69, 9.17) is 26.6 Å². The molecule has 1 aliphatic rings. The van der Waals surface area contributed by atoms with Crippen LogP contribution in [-0.4, -0.2) is 10.1 Å². The fourth-order valence-corrected chi connectivity index (χ4v) is 2.71. The van der Waals surface area contributed by atoms with Crippen LogP contribution in [0, 0.1) is 6.92 Å². The molecule has 0 aliphatic heterocycles. The van der Waals surface area contributed by atoms with Gasteiger partial charge in [-0.15, -0.1) is 0 Å². The van der Waals surface area contributed by atoms with Crippen molar-refractivity contribution in [2.24, 2.45) is 5.73 Å². The van der Waals surface area contributed by atoms with Gasteiger partial charge >= 0.3 is 0 Å². The minimum Gasteiger partial charge on any atom is -0.484 e. The minimum absolute atomic E-state index is 0.226. The Morgan fingerprint density at radius 1 is 1.38 bits per heavy atom. The van der Waals surface area contributed by atoms with Crippen LogP contribution in [-0.2, 0) is 12.1 Å². The van der Waals surface area contributed by atoms with Crippen LogP contribution >= 0.6 is 11.6 Å². The van der Waals surface area contributed by atoms with Crippen molar-refractivity contribution in [3.8, 4) is 5.75 Å². The van der Waals surface area contributed by atoms with Crippen molar-refractivity contribution in [1.29, 1.82) is 0 Å². The highest BCUT2D eigenvalue weighted by Gasteiger charge is 2.35. The number of nitrogens with zero attached hydrogens (tertiary/aromatic N) is 2. The molecule has 0 spiro atoms. The lowest BCUT2D eigenvalue weighted by Gasteiger charge is -2.17. The number of rotatable bonds is 4. The van der Waals surface area contributed by atoms with Crippen LogP contribution in [0.15, 0.2) is 22.7 Å². The Morgan fingerprint density at radius 3 is 2.86 bits per heavy atom. The molecule has 1 fully saturated rings. The summed E-state index contributed by atoms with van der Waals surface area (Å²) in [4.78, 5) is 4.37. The maximum atomic E-state index is 6.30. The van der Waals surface area contributed by atoms with Gasteiger partial charge in [0.2, 0.25) is 0 Å². The summed E-state index contributed by atoms with van der Waals surface area (Å²) >= 11 is 5.98. The number of aryl methyl sites for hydroxylation is 1. The molecule has 3 rings (SSSR count). The molecule has 0 amide bonds. The Balaban J connectivity index is 1.66. The predicted octanol–water partition coefficient (Wildman–Crippen LogP) is 3.34. The first-order chi connectivity index (χ1) is 10.1. The molecule has 0 saturated heterocycles. The van der Waals surface area contributed by atoms with E-state index in [-0.39, 0.29) is 6.61 Å². The smallest absolute Gasteiger partial charge is 0.264 e. The summed E-state index contributed by atoms with van der Waals surface area (Å²) in [5.74, 6) is 1.75. The van der Waals surface area contributed by atoms with Crippen LogP contribution in [0.3, 0.4) is 0 Å². The van der Waals surface area contributed by atoms with E-state index in [1.165, 1.54) is 0 Å². The number of hydrogen-bond acceptors (Lipinski definition) is 5. The van der Waals surface area contributed by atoms with Crippen LogP contribution in [0.1, 0.15) is 43.0 Å². The van der Waals surface area contributed by atoms with Gasteiger partial charge in [-0.05, 0) is 43.5 Å². The molecule has 1 saturated carbocycles. The third-order valence-electron chi connectivity index (χ3n) is 3.90. The Kier molecular flexibility index (Phi) is 3.87. The summed E-state index contributed by atoms with van der Waals surface area (Å²) in [5, 5.41) is 4.72. The second-order valence-corrected chi connectivity index (χ2v) is 5.98. The number of nitrogens with two attached hydrogens (primary N) is 1. The molecular weight excluding hydrogens is 290 g/mol. The first-order valence-electron chi connectivity index (χ1n) is 7.08. The second kappa shape index (κ2) is 5.66. The van der Waals surface area contributed by atoms with Crippen molar-refractivity contribution in [3.05, 3.63) is 40.5 Å². The molecule has 6 heteroatoms. The van der Waals surface area contributed by atoms with Crippen molar-refractivity contribution in [1.82, 2.24) is 10.1 Å². The lowest BCUT2D eigenvalue weighted by atomic mass is 9.99. The van der Waals surface area contributed by atoms with Gasteiger partial charge in [-0.1, -0.05) is 29.6 Å². The zero-order chi connectivity index (χ0) is 14.9. The maximum absolute atomic E-state index is 6.30. The molecule has 1 aromatic heterocycles. The first kappa shape index (κ1) is 14.4. The Morgan fingerprint density at radius 2 is 2.14 bits per heavy atom. The van der Waals surface area contributed by atoms with E-state index >= 15 is 0 Å². The molecule has 1 aliphatic carbocycles. The van der Waals surface area contributed by atoms with E-state index in [1.54, 1.807) is 6.07 Å². The number of ether oxygens (including phenoxy) is 1. The van der Waals surface area contributed by atoms with E-state index in [2.05, 4.69) is 10.1 Å². The van der Waals surface area contributed by atoms with Crippen LogP contribution in [0.25, 0.3) is 0 Å². The zero-order valence-corrected chi connectivity index (χ0v) is 12.7. The molecular formula is C15H18ClN3O2. The van der Waals surface area contributed by atoms with Crippen LogP contribution in [0.2, 0.25) is 5.02 Å². The summed E-state index contributed by atoms with van der Waals surface area (Å²) in [6, 6.07) is 5.49. The van der Waals surface area contributed by atoms with Gasteiger partial charge in [0.15, 0.2) is 12.4 Å². The molecule has 1 aromatic carbocycles. The quantitative estimate of drug-likeness (QED) is 0.937. The monoisotopic (exact) mass is 307 g/mol. The second-order valence-electron chi connectivity index (χ2n) is 5.57. The van der Waals surface area contributed by atoms with Crippen LogP contribution < -0.4 is 10.5 Å². The number of aromatic nitrogens is 2. The summed E-state index contributed by atoms with van der Waals surface area (Å²) in [5.41, 5.74) is 6.83. The number of benzene rings is 1. The van der Waals surface area contributed by atoms with Crippen LogP contribution in [0.5, 0.6) is 5.75 Å². The molecule has 21 heavy (non-hydrogen) atoms. The molecule has 2 N–H and O–H groups in total. The average Bonchev–Trinajstić information content (AvgIpc) is 3.10. The number of hydrogen-bond donors (Lipinski definition) is 1. The third-order valence-corrected chi connectivity index (χ3v) is 4.32. The van der Waals surface area contributed by atoms with Crippen molar-refractivity contribution >= 4 is 11.6 Å².